The molecule has 2 unspecified atom stereocenters. The summed E-state index contributed by atoms with van der Waals surface area (Å²) in [6, 6.07) is 15.3. The fraction of sp³-hybridized carbons (Fsp3) is 0.391. The average molecular weight is 493 g/mol. The monoisotopic (exact) mass is 492 g/mol. The van der Waals surface area contributed by atoms with Crippen molar-refractivity contribution < 1.29 is 23.5 Å². The molecule has 31 heavy (non-hydrogen) atoms. The molecule has 6 nitrogen and oxygen atoms in total. The van der Waals surface area contributed by atoms with E-state index in [1.807, 2.05) is 13.0 Å². The third kappa shape index (κ3) is 5.70. The van der Waals surface area contributed by atoms with Gasteiger partial charge in [-0.15, -0.1) is 0 Å². The first-order chi connectivity index (χ1) is 14.8. The van der Waals surface area contributed by atoms with E-state index in [4.69, 9.17) is 9.47 Å². The summed E-state index contributed by atoms with van der Waals surface area (Å²) in [5.74, 6) is -1.08. The van der Waals surface area contributed by atoms with Crippen LogP contribution in [0.15, 0.2) is 54.6 Å². The highest BCUT2D eigenvalue weighted by atomic mass is 79.9. The van der Waals surface area contributed by atoms with E-state index >= 15 is 0 Å². The first-order valence-corrected chi connectivity index (χ1v) is 10.9. The molecular weight excluding hydrogens is 467 g/mol. The second kappa shape index (κ2) is 10.3. The van der Waals surface area contributed by atoms with Crippen molar-refractivity contribution in [3.8, 4) is 0 Å². The minimum atomic E-state index is -1.55. The largest absolute Gasteiger partial charge is 0.466 e. The van der Waals surface area contributed by atoms with Crippen LogP contribution in [0.5, 0.6) is 0 Å². The number of rotatable bonds is 7. The average Bonchev–Trinajstić information content (AvgIpc) is 2.79. The fourth-order valence-corrected chi connectivity index (χ4v) is 4.22. The van der Waals surface area contributed by atoms with E-state index in [0.717, 1.165) is 5.56 Å². The number of hydrogen-bond acceptors (Lipinski definition) is 5. The van der Waals surface area contributed by atoms with E-state index in [1.165, 1.54) is 19.2 Å². The van der Waals surface area contributed by atoms with Crippen LogP contribution in [-0.2, 0) is 30.1 Å². The molecule has 1 aliphatic rings. The lowest BCUT2D eigenvalue weighted by Gasteiger charge is -2.40. The molecule has 0 bridgehead atoms. The number of nitrogens with zero attached hydrogens (tertiary/aromatic N) is 2. The Morgan fingerprint density at radius 1 is 1.13 bits per heavy atom. The van der Waals surface area contributed by atoms with Crippen molar-refractivity contribution in [1.29, 1.82) is 0 Å². The zero-order chi connectivity index (χ0) is 22.4. The highest BCUT2D eigenvalue weighted by Gasteiger charge is 2.41. The van der Waals surface area contributed by atoms with Gasteiger partial charge in [-0.1, -0.05) is 42.5 Å². The molecule has 8 heteroatoms. The van der Waals surface area contributed by atoms with Gasteiger partial charge in [-0.25, -0.2) is 9.18 Å². The SMILES string of the molecule is COC(=O)C(Br)(OCC(=O)N1CCN(Cc2ccc(F)cc2)CC1C)c1ccccc1. The van der Waals surface area contributed by atoms with Crippen LogP contribution < -0.4 is 0 Å². The van der Waals surface area contributed by atoms with Crippen molar-refractivity contribution in [3.05, 3.63) is 71.5 Å². The van der Waals surface area contributed by atoms with Gasteiger partial charge in [0, 0.05) is 37.8 Å². The molecule has 0 radical (unpaired) electrons. The number of benzene rings is 2. The summed E-state index contributed by atoms with van der Waals surface area (Å²) >= 11 is 3.34. The predicted molar refractivity (Wildman–Crippen MR) is 118 cm³/mol. The van der Waals surface area contributed by atoms with Gasteiger partial charge < -0.3 is 14.4 Å². The minimum Gasteiger partial charge on any atom is -0.466 e. The van der Waals surface area contributed by atoms with Gasteiger partial charge in [-0.2, -0.15) is 0 Å². The quantitative estimate of drug-likeness (QED) is 0.438. The molecular formula is C23H26BrFN2O4. The maximum atomic E-state index is 13.1. The molecule has 0 aromatic heterocycles. The first-order valence-electron chi connectivity index (χ1n) is 10.1. The number of carbonyl (C=O) groups is 2. The van der Waals surface area contributed by atoms with E-state index in [0.29, 0.717) is 31.7 Å². The lowest BCUT2D eigenvalue weighted by Crippen LogP contribution is -2.54. The summed E-state index contributed by atoms with van der Waals surface area (Å²) < 4.78 is 22.2. The lowest BCUT2D eigenvalue weighted by molar-refractivity contribution is -0.162. The highest BCUT2D eigenvalue weighted by molar-refractivity contribution is 9.10. The van der Waals surface area contributed by atoms with E-state index in [2.05, 4.69) is 20.8 Å². The summed E-state index contributed by atoms with van der Waals surface area (Å²) in [4.78, 5) is 29.2. The topological polar surface area (TPSA) is 59.1 Å². The molecule has 0 N–H and O–H groups in total. The molecule has 1 aliphatic heterocycles. The Balaban J connectivity index is 1.59. The molecule has 2 aromatic carbocycles. The smallest absolute Gasteiger partial charge is 0.354 e. The van der Waals surface area contributed by atoms with Crippen molar-refractivity contribution in [3.63, 3.8) is 0 Å². The predicted octanol–water partition coefficient (Wildman–Crippen LogP) is 3.30. The Morgan fingerprint density at radius 2 is 1.81 bits per heavy atom. The molecule has 2 atom stereocenters. The van der Waals surface area contributed by atoms with Gasteiger partial charge in [-0.3, -0.25) is 9.69 Å². The van der Waals surface area contributed by atoms with Gasteiger partial charge in [0.05, 0.1) is 7.11 Å². The van der Waals surface area contributed by atoms with Crippen LogP contribution >= 0.6 is 15.9 Å². The van der Waals surface area contributed by atoms with Crippen LogP contribution in [0, 0.1) is 5.82 Å². The molecule has 1 heterocycles. The number of amides is 1. The number of alkyl halides is 1. The van der Waals surface area contributed by atoms with Crippen LogP contribution in [0.2, 0.25) is 0 Å². The van der Waals surface area contributed by atoms with Gasteiger partial charge in [0.2, 0.25) is 10.4 Å². The summed E-state index contributed by atoms with van der Waals surface area (Å²) in [6.45, 7) is 4.35. The number of hydrogen-bond donors (Lipinski definition) is 0. The van der Waals surface area contributed by atoms with Crippen molar-refractivity contribution >= 4 is 27.8 Å². The molecule has 0 spiro atoms. The molecule has 166 valence electrons. The van der Waals surface area contributed by atoms with Crippen molar-refractivity contribution in [2.45, 2.75) is 24.0 Å². The van der Waals surface area contributed by atoms with Crippen LogP contribution in [-0.4, -0.2) is 61.1 Å². The number of halogens is 2. The Labute approximate surface area is 190 Å². The van der Waals surface area contributed by atoms with Crippen molar-refractivity contribution in [2.75, 3.05) is 33.4 Å². The zero-order valence-corrected chi connectivity index (χ0v) is 19.2. The third-order valence-electron chi connectivity index (χ3n) is 5.34. The zero-order valence-electron chi connectivity index (χ0n) is 17.6. The molecule has 1 amide bonds. The van der Waals surface area contributed by atoms with Crippen LogP contribution in [0.25, 0.3) is 0 Å². The Morgan fingerprint density at radius 3 is 2.42 bits per heavy atom. The van der Waals surface area contributed by atoms with E-state index in [1.54, 1.807) is 41.3 Å². The first kappa shape index (κ1) is 23.4. The summed E-state index contributed by atoms with van der Waals surface area (Å²) in [5.41, 5.74) is 1.58. The standard InChI is InChI=1S/C23H26BrFN2O4/c1-17-14-26(15-18-8-10-20(25)11-9-18)12-13-27(17)21(28)16-31-23(24,22(29)30-2)19-6-4-3-5-7-19/h3-11,17H,12-16H2,1-2H3. The van der Waals surface area contributed by atoms with E-state index in [-0.39, 0.29) is 24.4 Å². The third-order valence-corrected chi connectivity index (χ3v) is 6.35. The Kier molecular flexibility index (Phi) is 7.80. The fourth-order valence-electron chi connectivity index (χ4n) is 3.68. The number of ether oxygens (including phenoxy) is 2. The molecule has 0 saturated carbocycles. The molecule has 1 saturated heterocycles. The van der Waals surface area contributed by atoms with E-state index < -0.39 is 10.5 Å². The Hall–Kier alpha value is -2.29. The molecule has 1 fully saturated rings. The van der Waals surface area contributed by atoms with Crippen molar-refractivity contribution in [2.24, 2.45) is 0 Å². The van der Waals surface area contributed by atoms with Gasteiger partial charge in [0.25, 0.3) is 0 Å². The van der Waals surface area contributed by atoms with E-state index in [9.17, 15) is 14.0 Å². The number of methoxy groups -OCH3 is 1. The van der Waals surface area contributed by atoms with Crippen molar-refractivity contribution in [1.82, 2.24) is 9.80 Å². The molecule has 2 aromatic rings. The second-order valence-electron chi connectivity index (χ2n) is 7.54. The molecule has 3 rings (SSSR count). The molecule has 0 aliphatic carbocycles. The van der Waals surface area contributed by atoms with Crippen LogP contribution in [0.3, 0.4) is 0 Å². The second-order valence-corrected chi connectivity index (χ2v) is 8.66. The number of piperazine rings is 1. The highest BCUT2D eigenvalue weighted by Crippen LogP contribution is 2.34. The minimum absolute atomic E-state index is 0.0233. The van der Waals surface area contributed by atoms with Crippen LogP contribution in [0.4, 0.5) is 4.39 Å². The summed E-state index contributed by atoms with van der Waals surface area (Å²) in [7, 11) is 1.27. The lowest BCUT2D eigenvalue weighted by atomic mass is 10.1. The van der Waals surface area contributed by atoms with Gasteiger partial charge in [0.15, 0.2) is 0 Å². The number of carbonyl (C=O) groups excluding carboxylic acids is 2. The maximum absolute atomic E-state index is 13.1. The van der Waals surface area contributed by atoms with Gasteiger partial charge in [0.1, 0.15) is 12.4 Å². The van der Waals surface area contributed by atoms with Crippen LogP contribution in [0.1, 0.15) is 18.1 Å². The Bertz CT molecular complexity index is 896. The number of esters is 1. The maximum Gasteiger partial charge on any atom is 0.354 e. The van der Waals surface area contributed by atoms with Gasteiger partial charge >= 0.3 is 5.97 Å². The van der Waals surface area contributed by atoms with Gasteiger partial charge in [-0.05, 0) is 40.5 Å². The summed E-state index contributed by atoms with van der Waals surface area (Å²) in [5, 5.41) is 0. The normalized spacial score (nSPS) is 19.0. The summed E-state index contributed by atoms with van der Waals surface area (Å²) in [6.07, 6.45) is 0.